The molecule has 0 saturated carbocycles. The van der Waals surface area contributed by atoms with Gasteiger partial charge in [0, 0.05) is 25.7 Å². The maximum atomic E-state index is 4.25. The van der Waals surface area contributed by atoms with Gasteiger partial charge in [-0.15, -0.1) is 0 Å². The Labute approximate surface area is 126 Å². The van der Waals surface area contributed by atoms with Crippen molar-refractivity contribution in [3.05, 3.63) is 47.8 Å². The number of rotatable bonds is 7. The molecule has 112 valence electrons. The molecule has 0 radical (unpaired) electrons. The Hall–Kier alpha value is -2.14. The zero-order valence-corrected chi connectivity index (χ0v) is 12.9. The summed E-state index contributed by atoms with van der Waals surface area (Å²) in [7, 11) is 4.10. The molecule has 5 heteroatoms. The second-order valence-corrected chi connectivity index (χ2v) is 5.36. The molecular weight excluding hydrogens is 262 g/mol. The van der Waals surface area contributed by atoms with Crippen molar-refractivity contribution in [1.82, 2.24) is 14.9 Å². The van der Waals surface area contributed by atoms with Gasteiger partial charge in [0.05, 0.1) is 0 Å². The zero-order chi connectivity index (χ0) is 15.1. The van der Waals surface area contributed by atoms with Crippen LogP contribution in [0.25, 0.3) is 0 Å². The van der Waals surface area contributed by atoms with Crippen LogP contribution in [0.4, 0.5) is 11.6 Å². The molecule has 0 aliphatic heterocycles. The number of hydrogen-bond acceptors (Lipinski definition) is 5. The molecule has 0 amide bonds. The molecule has 0 saturated heterocycles. The van der Waals surface area contributed by atoms with Crippen molar-refractivity contribution in [1.29, 1.82) is 0 Å². The lowest BCUT2D eigenvalue weighted by molar-refractivity contribution is 0.425. The van der Waals surface area contributed by atoms with Crippen molar-refractivity contribution in [2.45, 2.75) is 13.5 Å². The van der Waals surface area contributed by atoms with Gasteiger partial charge in [-0.25, -0.2) is 9.97 Å². The van der Waals surface area contributed by atoms with Crippen LogP contribution in [0, 0.1) is 6.92 Å². The van der Waals surface area contributed by atoms with Crippen molar-refractivity contribution in [3.63, 3.8) is 0 Å². The van der Waals surface area contributed by atoms with E-state index in [9.17, 15) is 0 Å². The molecule has 0 unspecified atom stereocenters. The van der Waals surface area contributed by atoms with Crippen LogP contribution < -0.4 is 10.6 Å². The van der Waals surface area contributed by atoms with Gasteiger partial charge in [-0.3, -0.25) is 0 Å². The Morgan fingerprint density at radius 2 is 1.81 bits per heavy atom. The third kappa shape index (κ3) is 5.39. The summed E-state index contributed by atoms with van der Waals surface area (Å²) in [4.78, 5) is 10.6. The van der Waals surface area contributed by atoms with Crippen molar-refractivity contribution in [2.75, 3.05) is 37.8 Å². The number of aryl methyl sites for hydroxylation is 1. The van der Waals surface area contributed by atoms with Crippen molar-refractivity contribution >= 4 is 11.6 Å². The first-order valence-corrected chi connectivity index (χ1v) is 7.13. The SMILES string of the molecule is Cc1cccc(CNc2cc(NCCN(C)C)ncn2)c1. The molecule has 0 atom stereocenters. The van der Waals surface area contributed by atoms with Gasteiger partial charge in [0.1, 0.15) is 18.0 Å². The molecule has 0 aliphatic carbocycles. The van der Waals surface area contributed by atoms with Gasteiger partial charge in [-0.05, 0) is 26.6 Å². The van der Waals surface area contributed by atoms with E-state index in [2.05, 4.69) is 70.8 Å². The standard InChI is InChI=1S/C16H23N5/c1-13-5-4-6-14(9-13)11-18-16-10-15(19-12-20-16)17-7-8-21(2)3/h4-6,9-10,12H,7-8,11H2,1-3H3,(H2,17,18,19,20). The summed E-state index contributed by atoms with van der Waals surface area (Å²) in [6, 6.07) is 10.4. The molecule has 0 aliphatic rings. The third-order valence-corrected chi connectivity index (χ3v) is 3.09. The van der Waals surface area contributed by atoms with E-state index >= 15 is 0 Å². The maximum Gasteiger partial charge on any atom is 0.131 e. The minimum atomic E-state index is 0.760. The smallest absolute Gasteiger partial charge is 0.131 e. The van der Waals surface area contributed by atoms with Gasteiger partial charge in [0.15, 0.2) is 0 Å². The van der Waals surface area contributed by atoms with E-state index in [1.807, 2.05) is 6.07 Å². The Balaban J connectivity index is 1.88. The lowest BCUT2D eigenvalue weighted by atomic mass is 10.1. The largest absolute Gasteiger partial charge is 0.369 e. The first-order chi connectivity index (χ1) is 10.1. The summed E-state index contributed by atoms with van der Waals surface area (Å²) in [6.07, 6.45) is 1.58. The van der Waals surface area contributed by atoms with Crippen LogP contribution >= 0.6 is 0 Å². The highest BCUT2D eigenvalue weighted by atomic mass is 15.1. The predicted molar refractivity (Wildman–Crippen MR) is 87.6 cm³/mol. The van der Waals surface area contributed by atoms with Gasteiger partial charge in [0.2, 0.25) is 0 Å². The molecular formula is C16H23N5. The van der Waals surface area contributed by atoms with Crippen LogP contribution in [-0.4, -0.2) is 42.1 Å². The van der Waals surface area contributed by atoms with Crippen molar-refractivity contribution < 1.29 is 0 Å². The van der Waals surface area contributed by atoms with Crippen molar-refractivity contribution in [3.8, 4) is 0 Å². The fraction of sp³-hybridized carbons (Fsp3) is 0.375. The predicted octanol–water partition coefficient (Wildman–Crippen LogP) is 2.37. The summed E-state index contributed by atoms with van der Waals surface area (Å²) in [5.41, 5.74) is 2.51. The Kier molecular flexibility index (Phi) is 5.51. The van der Waals surface area contributed by atoms with E-state index < -0.39 is 0 Å². The maximum absolute atomic E-state index is 4.25. The van der Waals surface area contributed by atoms with Gasteiger partial charge in [-0.1, -0.05) is 29.8 Å². The Morgan fingerprint density at radius 1 is 1.05 bits per heavy atom. The average Bonchev–Trinajstić information content (AvgIpc) is 2.45. The van der Waals surface area contributed by atoms with Gasteiger partial charge < -0.3 is 15.5 Å². The monoisotopic (exact) mass is 285 g/mol. The van der Waals surface area contributed by atoms with Crippen LogP contribution in [0.1, 0.15) is 11.1 Å². The van der Waals surface area contributed by atoms with Gasteiger partial charge in [0.25, 0.3) is 0 Å². The van der Waals surface area contributed by atoms with Crippen LogP contribution in [0.2, 0.25) is 0 Å². The van der Waals surface area contributed by atoms with Gasteiger partial charge >= 0.3 is 0 Å². The Morgan fingerprint density at radius 3 is 2.52 bits per heavy atom. The minimum absolute atomic E-state index is 0.760. The van der Waals surface area contributed by atoms with E-state index in [1.54, 1.807) is 6.33 Å². The second-order valence-electron chi connectivity index (χ2n) is 5.36. The summed E-state index contributed by atoms with van der Waals surface area (Å²) < 4.78 is 0. The molecule has 0 bridgehead atoms. The number of benzene rings is 1. The van der Waals surface area contributed by atoms with E-state index in [4.69, 9.17) is 0 Å². The van der Waals surface area contributed by atoms with E-state index in [1.165, 1.54) is 11.1 Å². The molecule has 2 aromatic rings. The molecule has 0 fully saturated rings. The quantitative estimate of drug-likeness (QED) is 0.818. The molecule has 5 nitrogen and oxygen atoms in total. The van der Waals surface area contributed by atoms with Crippen LogP contribution in [0.5, 0.6) is 0 Å². The van der Waals surface area contributed by atoms with E-state index in [-0.39, 0.29) is 0 Å². The fourth-order valence-electron chi connectivity index (χ4n) is 1.97. The minimum Gasteiger partial charge on any atom is -0.369 e. The summed E-state index contributed by atoms with van der Waals surface area (Å²) >= 11 is 0. The summed E-state index contributed by atoms with van der Waals surface area (Å²) in [5, 5.41) is 6.62. The number of anilines is 2. The third-order valence-electron chi connectivity index (χ3n) is 3.09. The molecule has 1 aromatic carbocycles. The van der Waals surface area contributed by atoms with E-state index in [0.717, 1.165) is 31.3 Å². The topological polar surface area (TPSA) is 53.1 Å². The number of nitrogens with zero attached hydrogens (tertiary/aromatic N) is 3. The van der Waals surface area contributed by atoms with Crippen molar-refractivity contribution in [2.24, 2.45) is 0 Å². The number of nitrogens with one attached hydrogen (secondary N) is 2. The lowest BCUT2D eigenvalue weighted by Crippen LogP contribution is -2.21. The van der Waals surface area contributed by atoms with E-state index in [0.29, 0.717) is 0 Å². The number of likely N-dealkylation sites (N-methyl/N-ethyl adjacent to an activating group) is 1. The van der Waals surface area contributed by atoms with Crippen LogP contribution in [0.3, 0.4) is 0 Å². The lowest BCUT2D eigenvalue weighted by Gasteiger charge is -2.11. The molecule has 21 heavy (non-hydrogen) atoms. The zero-order valence-electron chi connectivity index (χ0n) is 12.9. The van der Waals surface area contributed by atoms with Crippen LogP contribution in [-0.2, 0) is 6.54 Å². The number of aromatic nitrogens is 2. The molecule has 1 heterocycles. The highest BCUT2D eigenvalue weighted by Gasteiger charge is 1.99. The van der Waals surface area contributed by atoms with Gasteiger partial charge in [-0.2, -0.15) is 0 Å². The Bertz CT molecular complexity index is 568. The highest BCUT2D eigenvalue weighted by molar-refractivity contribution is 5.46. The second kappa shape index (κ2) is 7.59. The first-order valence-electron chi connectivity index (χ1n) is 7.13. The molecule has 2 rings (SSSR count). The fourth-order valence-corrected chi connectivity index (χ4v) is 1.97. The summed E-state index contributed by atoms with van der Waals surface area (Å²) in [6.45, 7) is 4.69. The molecule has 1 aromatic heterocycles. The first kappa shape index (κ1) is 15.3. The van der Waals surface area contributed by atoms with Crippen LogP contribution in [0.15, 0.2) is 36.7 Å². The highest BCUT2D eigenvalue weighted by Crippen LogP contribution is 2.11. The molecule has 0 spiro atoms. The summed E-state index contributed by atoms with van der Waals surface area (Å²) in [5.74, 6) is 1.68. The number of hydrogen-bond donors (Lipinski definition) is 2. The average molecular weight is 285 g/mol. The normalized spacial score (nSPS) is 10.7. The molecule has 2 N–H and O–H groups in total.